The van der Waals surface area contributed by atoms with Gasteiger partial charge in [0.05, 0.1) is 6.04 Å². The van der Waals surface area contributed by atoms with Crippen LogP contribution in [0.3, 0.4) is 0 Å². The number of hydrogen-bond donors (Lipinski definition) is 2. The minimum Gasteiger partial charge on any atom is -0.354 e. The van der Waals surface area contributed by atoms with Crippen LogP contribution >= 0.6 is 0 Å². The molecule has 0 aromatic carbocycles. The summed E-state index contributed by atoms with van der Waals surface area (Å²) in [6.45, 7) is 11.5. The molecule has 0 unspecified atom stereocenters. The van der Waals surface area contributed by atoms with Crippen molar-refractivity contribution in [1.82, 2.24) is 5.32 Å². The van der Waals surface area contributed by atoms with Crippen molar-refractivity contribution in [3.63, 3.8) is 0 Å². The van der Waals surface area contributed by atoms with Crippen LogP contribution < -0.4 is 11.1 Å². The summed E-state index contributed by atoms with van der Waals surface area (Å²) in [6, 6.07) is -0.345. The normalized spacial score (nSPS) is 13.9. The fourth-order valence-electron chi connectivity index (χ4n) is 1.21. The van der Waals surface area contributed by atoms with Gasteiger partial charge in [0.15, 0.2) is 0 Å². The van der Waals surface area contributed by atoms with Gasteiger partial charge in [-0.25, -0.2) is 0 Å². The number of carbonyl (C=O) groups excluding carboxylic acids is 1. The summed E-state index contributed by atoms with van der Waals surface area (Å²) >= 11 is 0. The van der Waals surface area contributed by atoms with Crippen molar-refractivity contribution in [2.75, 3.05) is 6.54 Å². The van der Waals surface area contributed by atoms with Gasteiger partial charge >= 0.3 is 0 Å². The van der Waals surface area contributed by atoms with Gasteiger partial charge in [0.1, 0.15) is 0 Å². The lowest BCUT2D eigenvalue weighted by atomic mass is 9.81. The Morgan fingerprint density at radius 3 is 2.38 bits per heavy atom. The second kappa shape index (κ2) is 6.89. The second-order valence-corrected chi connectivity index (χ2v) is 5.61. The van der Waals surface area contributed by atoms with Gasteiger partial charge in [-0.2, -0.15) is 0 Å². The molecule has 0 aromatic rings. The summed E-state index contributed by atoms with van der Waals surface area (Å²) in [5.74, 6) is 0.529. The van der Waals surface area contributed by atoms with E-state index in [4.69, 9.17) is 5.73 Å². The van der Waals surface area contributed by atoms with Crippen molar-refractivity contribution in [3.8, 4) is 0 Å². The maximum absolute atomic E-state index is 11.7. The molecule has 0 saturated carbocycles. The molecule has 3 heteroatoms. The first kappa shape index (κ1) is 15.4. The molecule has 16 heavy (non-hydrogen) atoms. The molecule has 1 atom stereocenters. The molecule has 96 valence electrons. The van der Waals surface area contributed by atoms with Crippen molar-refractivity contribution in [2.24, 2.45) is 17.1 Å². The molecule has 0 aliphatic rings. The molecule has 3 nitrogen and oxygen atoms in total. The first-order valence-corrected chi connectivity index (χ1v) is 6.34. The molecule has 0 bridgehead atoms. The van der Waals surface area contributed by atoms with Crippen LogP contribution in [-0.2, 0) is 4.79 Å². The Kier molecular flexibility index (Phi) is 6.65. The summed E-state index contributed by atoms with van der Waals surface area (Å²) in [5.41, 5.74) is 5.92. The first-order chi connectivity index (χ1) is 7.31. The second-order valence-electron chi connectivity index (χ2n) is 5.61. The van der Waals surface area contributed by atoms with E-state index in [-0.39, 0.29) is 17.4 Å². The lowest BCUT2D eigenvalue weighted by Crippen LogP contribution is -2.45. The molecule has 0 spiro atoms. The minimum absolute atomic E-state index is 0.0119. The Hall–Kier alpha value is -0.570. The molecular weight excluding hydrogens is 200 g/mol. The fraction of sp³-hybridized carbons (Fsp3) is 0.923. The quantitative estimate of drug-likeness (QED) is 0.702. The Morgan fingerprint density at radius 1 is 1.38 bits per heavy atom. The van der Waals surface area contributed by atoms with Crippen LogP contribution in [0.15, 0.2) is 0 Å². The number of unbranched alkanes of at least 4 members (excludes halogenated alkanes) is 1. The summed E-state index contributed by atoms with van der Waals surface area (Å²) in [5, 5.41) is 2.95. The van der Waals surface area contributed by atoms with Crippen LogP contribution in [0, 0.1) is 11.3 Å². The van der Waals surface area contributed by atoms with E-state index in [1.54, 1.807) is 0 Å². The standard InChI is InChI=1S/C13H28N2O/c1-6-7-8-11(14)12(16)15-9-13(4,5)10(2)3/h10-11H,6-9,14H2,1-5H3,(H,15,16)/t11-/m0/s1. The zero-order chi connectivity index (χ0) is 12.8. The zero-order valence-electron chi connectivity index (χ0n) is 11.5. The van der Waals surface area contributed by atoms with Crippen molar-refractivity contribution in [2.45, 2.75) is 59.9 Å². The first-order valence-electron chi connectivity index (χ1n) is 6.34. The Morgan fingerprint density at radius 2 is 1.94 bits per heavy atom. The molecule has 0 rings (SSSR count). The molecule has 0 heterocycles. The third-order valence-corrected chi connectivity index (χ3v) is 3.49. The van der Waals surface area contributed by atoms with Crippen LogP contribution in [0.1, 0.15) is 53.9 Å². The minimum atomic E-state index is -0.345. The molecule has 1 amide bonds. The van der Waals surface area contributed by atoms with E-state index in [1.165, 1.54) is 0 Å². The van der Waals surface area contributed by atoms with Crippen molar-refractivity contribution >= 4 is 5.91 Å². The largest absolute Gasteiger partial charge is 0.354 e. The van der Waals surface area contributed by atoms with Gasteiger partial charge in [0, 0.05) is 6.54 Å². The lowest BCUT2D eigenvalue weighted by molar-refractivity contribution is -0.123. The Labute approximate surface area is 100 Å². The van der Waals surface area contributed by atoms with Crippen LogP contribution in [0.5, 0.6) is 0 Å². The molecule has 3 N–H and O–H groups in total. The third kappa shape index (κ3) is 5.50. The number of nitrogens with two attached hydrogens (primary N) is 1. The summed E-state index contributed by atoms with van der Waals surface area (Å²) in [4.78, 5) is 11.7. The number of hydrogen-bond acceptors (Lipinski definition) is 2. The molecule has 0 radical (unpaired) electrons. The van der Waals surface area contributed by atoms with E-state index >= 15 is 0 Å². The summed E-state index contributed by atoms with van der Waals surface area (Å²) in [6.07, 6.45) is 2.88. The number of rotatable bonds is 7. The van der Waals surface area contributed by atoms with E-state index in [2.05, 4.69) is 39.9 Å². The Balaban J connectivity index is 3.97. The smallest absolute Gasteiger partial charge is 0.236 e. The summed E-state index contributed by atoms with van der Waals surface area (Å²) < 4.78 is 0. The van der Waals surface area contributed by atoms with E-state index in [9.17, 15) is 4.79 Å². The van der Waals surface area contributed by atoms with Gasteiger partial charge in [-0.1, -0.05) is 47.5 Å². The highest BCUT2D eigenvalue weighted by Crippen LogP contribution is 2.24. The number of carbonyl (C=O) groups is 1. The number of nitrogens with one attached hydrogen (secondary N) is 1. The summed E-state index contributed by atoms with van der Waals surface area (Å²) in [7, 11) is 0. The maximum Gasteiger partial charge on any atom is 0.236 e. The fourth-order valence-corrected chi connectivity index (χ4v) is 1.21. The molecule has 0 aliphatic carbocycles. The van der Waals surface area contributed by atoms with Gasteiger partial charge in [-0.05, 0) is 17.8 Å². The maximum atomic E-state index is 11.7. The highest BCUT2D eigenvalue weighted by Gasteiger charge is 2.24. The highest BCUT2D eigenvalue weighted by atomic mass is 16.2. The average Bonchev–Trinajstić information content (AvgIpc) is 2.22. The molecule has 0 saturated heterocycles. The molecular formula is C13H28N2O. The van der Waals surface area contributed by atoms with Gasteiger partial charge in [0.25, 0.3) is 0 Å². The van der Waals surface area contributed by atoms with Crippen molar-refractivity contribution in [3.05, 3.63) is 0 Å². The Bertz CT molecular complexity index is 212. The van der Waals surface area contributed by atoms with Gasteiger partial charge in [-0.15, -0.1) is 0 Å². The van der Waals surface area contributed by atoms with E-state index in [0.717, 1.165) is 19.3 Å². The van der Waals surface area contributed by atoms with Gasteiger partial charge in [-0.3, -0.25) is 4.79 Å². The predicted octanol–water partition coefficient (Wildman–Crippen LogP) is 2.30. The third-order valence-electron chi connectivity index (χ3n) is 3.49. The van der Waals surface area contributed by atoms with Crippen LogP contribution in [0.2, 0.25) is 0 Å². The van der Waals surface area contributed by atoms with E-state index < -0.39 is 0 Å². The van der Waals surface area contributed by atoms with Gasteiger partial charge < -0.3 is 11.1 Å². The topological polar surface area (TPSA) is 55.1 Å². The van der Waals surface area contributed by atoms with Crippen LogP contribution in [0.25, 0.3) is 0 Å². The van der Waals surface area contributed by atoms with Crippen LogP contribution in [-0.4, -0.2) is 18.5 Å². The zero-order valence-corrected chi connectivity index (χ0v) is 11.5. The monoisotopic (exact) mass is 228 g/mol. The predicted molar refractivity (Wildman–Crippen MR) is 69.1 cm³/mol. The molecule has 0 aliphatic heterocycles. The number of amides is 1. The SMILES string of the molecule is CCCC[C@H](N)C(=O)NCC(C)(C)C(C)C. The van der Waals surface area contributed by atoms with E-state index in [0.29, 0.717) is 12.5 Å². The van der Waals surface area contributed by atoms with Gasteiger partial charge in [0.2, 0.25) is 5.91 Å². The molecule has 0 fully saturated rings. The highest BCUT2D eigenvalue weighted by molar-refractivity contribution is 5.81. The average molecular weight is 228 g/mol. The van der Waals surface area contributed by atoms with Crippen LogP contribution in [0.4, 0.5) is 0 Å². The van der Waals surface area contributed by atoms with E-state index in [1.807, 2.05) is 0 Å². The van der Waals surface area contributed by atoms with Crippen molar-refractivity contribution < 1.29 is 4.79 Å². The lowest BCUT2D eigenvalue weighted by Gasteiger charge is -2.29. The van der Waals surface area contributed by atoms with Crippen molar-refractivity contribution in [1.29, 1.82) is 0 Å². The molecule has 0 aromatic heterocycles.